The summed E-state index contributed by atoms with van der Waals surface area (Å²) in [6, 6.07) is 8.70. The molecule has 0 spiro atoms. The van der Waals surface area contributed by atoms with Crippen molar-refractivity contribution in [2.75, 3.05) is 19.7 Å². The number of rotatable bonds is 6. The van der Waals surface area contributed by atoms with Crippen molar-refractivity contribution in [1.29, 1.82) is 0 Å². The van der Waals surface area contributed by atoms with E-state index < -0.39 is 18.1 Å². The molecule has 1 aromatic rings. The minimum atomic E-state index is -1.02. The standard InChI is InChI=1S/C15H20N2O4/c18-14(13-10-16-8-9-21-13)17-12(15(19)20)7-6-11-4-2-1-3-5-11/h1-5,12-13,16H,6-10H2,(H,17,18)(H,19,20)/t12-,13?/m0/s1. The highest BCUT2D eigenvalue weighted by atomic mass is 16.5. The first-order valence-corrected chi connectivity index (χ1v) is 7.06. The monoisotopic (exact) mass is 292 g/mol. The van der Waals surface area contributed by atoms with Gasteiger partial charge in [-0.15, -0.1) is 0 Å². The molecule has 114 valence electrons. The molecule has 0 aliphatic carbocycles. The zero-order valence-electron chi connectivity index (χ0n) is 11.7. The smallest absolute Gasteiger partial charge is 0.326 e. The van der Waals surface area contributed by atoms with E-state index in [4.69, 9.17) is 4.74 Å². The van der Waals surface area contributed by atoms with Crippen molar-refractivity contribution in [2.24, 2.45) is 0 Å². The fraction of sp³-hybridized carbons (Fsp3) is 0.467. The summed E-state index contributed by atoms with van der Waals surface area (Å²) in [7, 11) is 0. The summed E-state index contributed by atoms with van der Waals surface area (Å²) in [6.07, 6.45) is 0.338. The van der Waals surface area contributed by atoms with E-state index in [2.05, 4.69) is 10.6 Å². The maximum Gasteiger partial charge on any atom is 0.326 e. The minimum Gasteiger partial charge on any atom is -0.480 e. The van der Waals surface area contributed by atoms with E-state index in [0.717, 1.165) is 5.56 Å². The summed E-state index contributed by atoms with van der Waals surface area (Å²) in [5.41, 5.74) is 1.05. The molecule has 2 atom stereocenters. The number of aryl methyl sites for hydroxylation is 1. The number of carbonyl (C=O) groups is 2. The van der Waals surface area contributed by atoms with Crippen LogP contribution in [0.4, 0.5) is 0 Å². The lowest BCUT2D eigenvalue weighted by Gasteiger charge is -2.24. The highest BCUT2D eigenvalue weighted by Gasteiger charge is 2.26. The van der Waals surface area contributed by atoms with Crippen LogP contribution >= 0.6 is 0 Å². The van der Waals surface area contributed by atoms with Gasteiger partial charge in [0.05, 0.1) is 6.61 Å². The van der Waals surface area contributed by atoms with Crippen LogP contribution < -0.4 is 10.6 Å². The van der Waals surface area contributed by atoms with Crippen LogP contribution in [0.5, 0.6) is 0 Å². The van der Waals surface area contributed by atoms with Crippen LogP contribution in [0, 0.1) is 0 Å². The number of hydrogen-bond acceptors (Lipinski definition) is 4. The Morgan fingerprint density at radius 3 is 2.76 bits per heavy atom. The van der Waals surface area contributed by atoms with Crippen LogP contribution in [-0.4, -0.2) is 48.8 Å². The molecule has 0 radical (unpaired) electrons. The molecule has 1 aromatic carbocycles. The third-order valence-electron chi connectivity index (χ3n) is 3.40. The van der Waals surface area contributed by atoms with Gasteiger partial charge in [0.2, 0.25) is 0 Å². The number of carboxylic acids is 1. The van der Waals surface area contributed by atoms with E-state index in [9.17, 15) is 14.7 Å². The van der Waals surface area contributed by atoms with Crippen molar-refractivity contribution in [3.8, 4) is 0 Å². The number of benzene rings is 1. The van der Waals surface area contributed by atoms with Gasteiger partial charge in [0.25, 0.3) is 5.91 Å². The summed E-state index contributed by atoms with van der Waals surface area (Å²) in [5, 5.41) is 14.8. The molecule has 21 heavy (non-hydrogen) atoms. The van der Waals surface area contributed by atoms with Crippen LogP contribution in [0.3, 0.4) is 0 Å². The molecule has 2 rings (SSSR count). The zero-order valence-corrected chi connectivity index (χ0v) is 11.7. The van der Waals surface area contributed by atoms with Gasteiger partial charge in [0, 0.05) is 13.1 Å². The van der Waals surface area contributed by atoms with Crippen molar-refractivity contribution in [3.05, 3.63) is 35.9 Å². The third-order valence-corrected chi connectivity index (χ3v) is 3.40. The molecule has 1 heterocycles. The highest BCUT2D eigenvalue weighted by Crippen LogP contribution is 2.06. The fourth-order valence-electron chi connectivity index (χ4n) is 2.21. The number of aliphatic carboxylic acids is 1. The molecule has 1 saturated heterocycles. The van der Waals surface area contributed by atoms with E-state index in [1.807, 2.05) is 30.3 Å². The van der Waals surface area contributed by atoms with Gasteiger partial charge in [-0.1, -0.05) is 30.3 Å². The topological polar surface area (TPSA) is 87.7 Å². The van der Waals surface area contributed by atoms with Gasteiger partial charge in [-0.2, -0.15) is 0 Å². The molecule has 1 aliphatic heterocycles. The number of amides is 1. The predicted octanol–water partition coefficient (Wildman–Crippen LogP) is 0.177. The van der Waals surface area contributed by atoms with Crippen molar-refractivity contribution in [2.45, 2.75) is 25.0 Å². The SMILES string of the molecule is O=C(N[C@@H](CCc1ccccc1)C(=O)O)C1CNCCO1. The van der Waals surface area contributed by atoms with Gasteiger partial charge < -0.3 is 20.5 Å². The summed E-state index contributed by atoms with van der Waals surface area (Å²) in [6.45, 7) is 1.58. The Morgan fingerprint density at radius 2 is 2.14 bits per heavy atom. The second-order valence-corrected chi connectivity index (χ2v) is 4.99. The summed E-state index contributed by atoms with van der Waals surface area (Å²) >= 11 is 0. The van der Waals surface area contributed by atoms with Crippen molar-refractivity contribution in [3.63, 3.8) is 0 Å². The Hall–Kier alpha value is -1.92. The largest absolute Gasteiger partial charge is 0.480 e. The van der Waals surface area contributed by atoms with Crippen molar-refractivity contribution in [1.82, 2.24) is 10.6 Å². The van der Waals surface area contributed by atoms with E-state index in [1.165, 1.54) is 0 Å². The molecule has 0 bridgehead atoms. The predicted molar refractivity (Wildman–Crippen MR) is 76.9 cm³/mol. The van der Waals surface area contributed by atoms with Crippen molar-refractivity contribution < 1.29 is 19.4 Å². The molecule has 1 aliphatic rings. The number of carbonyl (C=O) groups excluding carboxylic acids is 1. The molecular weight excluding hydrogens is 272 g/mol. The van der Waals surface area contributed by atoms with E-state index in [0.29, 0.717) is 32.5 Å². The fourth-order valence-corrected chi connectivity index (χ4v) is 2.21. The maximum atomic E-state index is 12.0. The molecule has 1 amide bonds. The van der Waals surface area contributed by atoms with Gasteiger partial charge >= 0.3 is 5.97 Å². The van der Waals surface area contributed by atoms with Gasteiger partial charge in [-0.3, -0.25) is 4.79 Å². The Kier molecular flexibility index (Phi) is 5.71. The van der Waals surface area contributed by atoms with Crippen LogP contribution in [-0.2, 0) is 20.7 Å². The average Bonchev–Trinajstić information content (AvgIpc) is 2.52. The van der Waals surface area contributed by atoms with Crippen LogP contribution in [0.1, 0.15) is 12.0 Å². The lowest BCUT2D eigenvalue weighted by molar-refractivity contribution is -0.145. The van der Waals surface area contributed by atoms with E-state index >= 15 is 0 Å². The second kappa shape index (κ2) is 7.75. The lowest BCUT2D eigenvalue weighted by Crippen LogP contribution is -2.52. The molecule has 1 unspecified atom stereocenters. The quantitative estimate of drug-likeness (QED) is 0.696. The average molecular weight is 292 g/mol. The van der Waals surface area contributed by atoms with Gasteiger partial charge in [-0.05, 0) is 18.4 Å². The van der Waals surface area contributed by atoms with E-state index in [-0.39, 0.29) is 5.91 Å². The number of hydrogen-bond donors (Lipinski definition) is 3. The first-order chi connectivity index (χ1) is 10.2. The van der Waals surface area contributed by atoms with E-state index in [1.54, 1.807) is 0 Å². The molecule has 0 saturated carbocycles. The number of ether oxygens (including phenoxy) is 1. The molecule has 6 nitrogen and oxygen atoms in total. The van der Waals surface area contributed by atoms with Crippen LogP contribution in [0.2, 0.25) is 0 Å². The van der Waals surface area contributed by atoms with Gasteiger partial charge in [0.15, 0.2) is 0 Å². The first-order valence-electron chi connectivity index (χ1n) is 7.06. The molecular formula is C15H20N2O4. The molecule has 3 N–H and O–H groups in total. The Balaban J connectivity index is 1.86. The molecule has 6 heteroatoms. The summed E-state index contributed by atoms with van der Waals surface area (Å²) in [4.78, 5) is 23.3. The number of nitrogens with one attached hydrogen (secondary N) is 2. The normalized spacial score (nSPS) is 19.7. The van der Waals surface area contributed by atoms with Crippen LogP contribution in [0.25, 0.3) is 0 Å². The third kappa shape index (κ3) is 4.84. The Labute approximate surface area is 123 Å². The zero-order chi connectivity index (χ0) is 15.1. The number of morpholine rings is 1. The second-order valence-electron chi connectivity index (χ2n) is 4.99. The number of carboxylic acid groups (broad SMARTS) is 1. The van der Waals surface area contributed by atoms with Crippen molar-refractivity contribution >= 4 is 11.9 Å². The minimum absolute atomic E-state index is 0.352. The molecule has 1 fully saturated rings. The Morgan fingerprint density at radius 1 is 1.38 bits per heavy atom. The summed E-state index contributed by atoms with van der Waals surface area (Å²) < 4.78 is 5.32. The highest BCUT2D eigenvalue weighted by molar-refractivity contribution is 5.86. The summed E-state index contributed by atoms with van der Waals surface area (Å²) in [5.74, 6) is -1.40. The van der Waals surface area contributed by atoms with Gasteiger partial charge in [-0.25, -0.2) is 4.79 Å². The first kappa shape index (κ1) is 15.5. The van der Waals surface area contributed by atoms with Crippen LogP contribution in [0.15, 0.2) is 30.3 Å². The lowest BCUT2D eigenvalue weighted by atomic mass is 10.0. The Bertz CT molecular complexity index is 472. The molecule has 0 aromatic heterocycles. The maximum absolute atomic E-state index is 12.0. The van der Waals surface area contributed by atoms with Gasteiger partial charge in [0.1, 0.15) is 12.1 Å².